The summed E-state index contributed by atoms with van der Waals surface area (Å²) in [7, 11) is 3.27. The summed E-state index contributed by atoms with van der Waals surface area (Å²) < 4.78 is 4.84. The van der Waals surface area contributed by atoms with Crippen LogP contribution in [0.3, 0.4) is 0 Å². The Hall–Kier alpha value is -0.260. The fourth-order valence-corrected chi connectivity index (χ4v) is 1.99. The largest absolute Gasteiger partial charge is 0.389 e. The zero-order valence-corrected chi connectivity index (χ0v) is 11.7. The number of hydrogen-bond donors (Lipinski definition) is 1. The maximum atomic E-state index is 9.60. The third kappa shape index (κ3) is 4.16. The van der Waals surface area contributed by atoms with E-state index in [0.717, 1.165) is 0 Å². The summed E-state index contributed by atoms with van der Waals surface area (Å²) in [6.07, 6.45) is -0.627. The van der Waals surface area contributed by atoms with Crippen LogP contribution in [0.2, 0.25) is 15.2 Å². The number of hydrogen-bond acceptors (Lipinski definition) is 4. The monoisotopic (exact) mass is 298 g/mol. The molecule has 96 valence electrons. The number of rotatable bonds is 5. The molecular weight excluding hydrogens is 286 g/mol. The Balaban J connectivity index is 2.81. The number of likely N-dealkylation sites (N-methyl/N-ethyl adjacent to an activating group) is 1. The minimum absolute atomic E-state index is 0.180. The predicted molar refractivity (Wildman–Crippen MR) is 70.4 cm³/mol. The number of pyridine rings is 1. The predicted octanol–water partition coefficient (Wildman–Crippen LogP) is 2.49. The number of methoxy groups -OCH3 is 1. The highest BCUT2D eigenvalue weighted by molar-refractivity contribution is 6.42. The highest BCUT2D eigenvalue weighted by atomic mass is 35.5. The average molecular weight is 300 g/mol. The Morgan fingerprint density at radius 3 is 2.65 bits per heavy atom. The lowest BCUT2D eigenvalue weighted by molar-refractivity contribution is 0.0694. The van der Waals surface area contributed by atoms with E-state index in [1.54, 1.807) is 11.9 Å². The molecule has 1 aromatic heterocycles. The molecule has 0 radical (unpaired) electrons. The summed E-state index contributed by atoms with van der Waals surface area (Å²) in [5.41, 5.74) is 0. The van der Waals surface area contributed by atoms with Gasteiger partial charge in [-0.3, -0.25) is 0 Å². The second-order valence-corrected chi connectivity index (χ2v) is 4.73. The number of ether oxygens (including phenoxy) is 1. The quantitative estimate of drug-likeness (QED) is 0.849. The molecule has 0 amide bonds. The molecule has 1 unspecified atom stereocenters. The Morgan fingerprint density at radius 1 is 1.41 bits per heavy atom. The van der Waals surface area contributed by atoms with E-state index < -0.39 is 6.10 Å². The smallest absolute Gasteiger partial charge is 0.150 e. The van der Waals surface area contributed by atoms with Gasteiger partial charge in [0.05, 0.1) is 22.8 Å². The molecule has 0 aliphatic rings. The van der Waals surface area contributed by atoms with E-state index in [2.05, 4.69) is 4.98 Å². The number of aliphatic hydroxyl groups is 1. The van der Waals surface area contributed by atoms with Gasteiger partial charge in [-0.15, -0.1) is 0 Å². The van der Waals surface area contributed by atoms with Crippen molar-refractivity contribution in [1.29, 1.82) is 0 Å². The van der Waals surface area contributed by atoms with Crippen molar-refractivity contribution in [2.45, 2.75) is 6.10 Å². The van der Waals surface area contributed by atoms with Gasteiger partial charge in [0.1, 0.15) is 11.0 Å². The molecule has 1 N–H and O–H groups in total. The van der Waals surface area contributed by atoms with Gasteiger partial charge in [-0.25, -0.2) is 4.98 Å². The van der Waals surface area contributed by atoms with E-state index in [-0.39, 0.29) is 11.8 Å². The highest BCUT2D eigenvalue weighted by Gasteiger charge is 2.14. The first-order valence-electron chi connectivity index (χ1n) is 4.85. The summed E-state index contributed by atoms with van der Waals surface area (Å²) in [5, 5.41) is 10.5. The van der Waals surface area contributed by atoms with Gasteiger partial charge in [0.15, 0.2) is 0 Å². The molecule has 0 aromatic carbocycles. The van der Waals surface area contributed by atoms with E-state index in [9.17, 15) is 5.11 Å². The van der Waals surface area contributed by atoms with Crippen LogP contribution in [0, 0.1) is 0 Å². The van der Waals surface area contributed by atoms with E-state index >= 15 is 0 Å². The molecule has 0 saturated carbocycles. The Labute approximate surface area is 115 Å². The lowest BCUT2D eigenvalue weighted by Gasteiger charge is -2.22. The Morgan fingerprint density at radius 2 is 2.06 bits per heavy atom. The van der Waals surface area contributed by atoms with Crippen LogP contribution in [0.5, 0.6) is 0 Å². The van der Waals surface area contributed by atoms with Crippen molar-refractivity contribution < 1.29 is 9.84 Å². The van der Waals surface area contributed by atoms with Crippen molar-refractivity contribution >= 4 is 40.6 Å². The summed E-state index contributed by atoms with van der Waals surface area (Å²) in [6, 6.07) is 1.52. The number of halogens is 3. The second kappa shape index (κ2) is 6.61. The molecule has 0 saturated heterocycles. The molecule has 4 nitrogen and oxygen atoms in total. The Bertz CT molecular complexity index is 390. The van der Waals surface area contributed by atoms with Crippen molar-refractivity contribution in [3.63, 3.8) is 0 Å². The second-order valence-electron chi connectivity index (χ2n) is 3.56. The first-order chi connectivity index (χ1) is 7.95. The fourth-order valence-electron chi connectivity index (χ4n) is 1.35. The molecule has 0 aliphatic carbocycles. The van der Waals surface area contributed by atoms with E-state index in [4.69, 9.17) is 39.5 Å². The van der Waals surface area contributed by atoms with Crippen molar-refractivity contribution in [1.82, 2.24) is 4.98 Å². The van der Waals surface area contributed by atoms with Crippen molar-refractivity contribution in [2.24, 2.45) is 0 Å². The highest BCUT2D eigenvalue weighted by Crippen LogP contribution is 2.30. The molecule has 0 aliphatic heterocycles. The minimum atomic E-state index is -0.627. The van der Waals surface area contributed by atoms with Crippen LogP contribution in [0.1, 0.15) is 0 Å². The molecule has 7 heteroatoms. The van der Waals surface area contributed by atoms with Gasteiger partial charge < -0.3 is 14.7 Å². The molecule has 1 atom stereocenters. The van der Waals surface area contributed by atoms with Crippen molar-refractivity contribution in [3.05, 3.63) is 21.3 Å². The summed E-state index contributed by atoms with van der Waals surface area (Å²) in [5.74, 6) is 0.469. The third-order valence-corrected chi connectivity index (χ3v) is 3.02. The molecular formula is C10H13Cl3N2O2. The molecule has 1 heterocycles. The number of anilines is 1. The van der Waals surface area contributed by atoms with Crippen LogP contribution < -0.4 is 4.90 Å². The van der Waals surface area contributed by atoms with E-state index in [1.807, 2.05) is 0 Å². The van der Waals surface area contributed by atoms with E-state index in [1.165, 1.54) is 13.2 Å². The van der Waals surface area contributed by atoms with Crippen LogP contribution in [-0.2, 0) is 4.74 Å². The molecule has 1 rings (SSSR count). The van der Waals surface area contributed by atoms with Crippen LogP contribution in [0.4, 0.5) is 5.82 Å². The van der Waals surface area contributed by atoms with E-state index in [0.29, 0.717) is 22.4 Å². The summed E-state index contributed by atoms with van der Waals surface area (Å²) in [4.78, 5) is 5.75. The summed E-state index contributed by atoms with van der Waals surface area (Å²) >= 11 is 17.6. The molecule has 0 bridgehead atoms. The zero-order chi connectivity index (χ0) is 13.0. The molecule has 17 heavy (non-hydrogen) atoms. The van der Waals surface area contributed by atoms with Gasteiger partial charge in [-0.1, -0.05) is 34.8 Å². The first-order valence-corrected chi connectivity index (χ1v) is 5.98. The minimum Gasteiger partial charge on any atom is -0.389 e. The first kappa shape index (κ1) is 14.8. The Kier molecular flexibility index (Phi) is 5.76. The molecule has 0 fully saturated rings. The number of aliphatic hydroxyl groups excluding tert-OH is 1. The molecule has 0 spiro atoms. The average Bonchev–Trinajstić information content (AvgIpc) is 2.23. The van der Waals surface area contributed by atoms with Crippen molar-refractivity contribution in [2.75, 3.05) is 32.2 Å². The van der Waals surface area contributed by atoms with Gasteiger partial charge in [0.25, 0.3) is 0 Å². The lowest BCUT2D eigenvalue weighted by Crippen LogP contribution is -2.32. The SMILES string of the molecule is COCC(O)CN(C)c1nc(Cl)c(Cl)cc1Cl. The number of nitrogens with zero attached hydrogens (tertiary/aromatic N) is 2. The topological polar surface area (TPSA) is 45.6 Å². The molecule has 1 aromatic rings. The van der Waals surface area contributed by atoms with Crippen LogP contribution in [0.25, 0.3) is 0 Å². The van der Waals surface area contributed by atoms with Crippen LogP contribution >= 0.6 is 34.8 Å². The maximum absolute atomic E-state index is 9.60. The van der Waals surface area contributed by atoms with Gasteiger partial charge in [0, 0.05) is 20.7 Å². The number of aromatic nitrogens is 1. The normalized spacial score (nSPS) is 12.6. The van der Waals surface area contributed by atoms with Gasteiger partial charge in [0.2, 0.25) is 0 Å². The van der Waals surface area contributed by atoms with Crippen molar-refractivity contribution in [3.8, 4) is 0 Å². The zero-order valence-electron chi connectivity index (χ0n) is 9.45. The maximum Gasteiger partial charge on any atom is 0.150 e. The van der Waals surface area contributed by atoms with Gasteiger partial charge in [-0.05, 0) is 6.07 Å². The van der Waals surface area contributed by atoms with Crippen LogP contribution in [0.15, 0.2) is 6.07 Å². The van der Waals surface area contributed by atoms with Gasteiger partial charge >= 0.3 is 0 Å². The van der Waals surface area contributed by atoms with Gasteiger partial charge in [-0.2, -0.15) is 0 Å². The fraction of sp³-hybridized carbons (Fsp3) is 0.500. The summed E-state index contributed by atoms with van der Waals surface area (Å²) in [6.45, 7) is 0.571. The lowest BCUT2D eigenvalue weighted by atomic mass is 10.3. The standard InChI is InChI=1S/C10H13Cl3N2O2/c1-15(4-6(16)5-17-2)10-8(12)3-7(11)9(13)14-10/h3,6,16H,4-5H2,1-2H3. The third-order valence-electron chi connectivity index (χ3n) is 2.07. The van der Waals surface area contributed by atoms with Crippen LogP contribution in [-0.4, -0.2) is 43.5 Å².